The Morgan fingerprint density at radius 1 is 0.477 bits per heavy atom. The van der Waals surface area contributed by atoms with E-state index in [4.69, 9.17) is 42.1 Å². The zero-order valence-corrected chi connectivity index (χ0v) is 38.6. The topological polar surface area (TPSA) is 365 Å². The van der Waals surface area contributed by atoms with Crippen LogP contribution in [0, 0.1) is 0 Å². The summed E-state index contributed by atoms with van der Waals surface area (Å²) in [6, 6.07) is -2.87. The third-order valence-electron chi connectivity index (χ3n) is 7.80. The molecule has 0 aromatic carbocycles. The highest BCUT2D eigenvalue weighted by molar-refractivity contribution is 9.09. The minimum atomic E-state index is -1.52. The molecule has 0 saturated carbocycles. The molecule has 10 N–H and O–H groups in total. The summed E-state index contributed by atoms with van der Waals surface area (Å²) in [4.78, 5) is 134. The molecule has 370 valence electrons. The molecule has 0 aliphatic carbocycles. The molecule has 9 amide bonds. The molecule has 2 atom stereocenters. The van der Waals surface area contributed by atoms with Crippen LogP contribution in [0.25, 0.3) is 0 Å². The van der Waals surface area contributed by atoms with Crippen LogP contribution in [-0.2, 0) is 71.7 Å². The van der Waals surface area contributed by atoms with Gasteiger partial charge in [-0.3, -0.25) is 47.9 Å². The van der Waals surface area contributed by atoms with Gasteiger partial charge in [-0.15, -0.1) is 23.2 Å². The van der Waals surface area contributed by atoms with Gasteiger partial charge in [0.1, 0.15) is 50.1 Å². The third-order valence-corrected chi connectivity index (χ3v) is 8.80. The van der Waals surface area contributed by atoms with Crippen LogP contribution >= 0.6 is 39.1 Å². The van der Waals surface area contributed by atoms with Crippen LogP contribution in [0.5, 0.6) is 0 Å². The lowest BCUT2D eigenvalue weighted by atomic mass is 10.1. The van der Waals surface area contributed by atoms with Crippen molar-refractivity contribution in [3.8, 4) is 0 Å². The second-order valence-electron chi connectivity index (χ2n) is 13.1. The van der Waals surface area contributed by atoms with Gasteiger partial charge in [-0.1, -0.05) is 15.9 Å². The van der Waals surface area contributed by atoms with Crippen LogP contribution in [0.3, 0.4) is 0 Å². The second-order valence-corrected chi connectivity index (χ2v) is 14.2. The number of hydrogen-bond donors (Lipinski definition) is 10. The van der Waals surface area contributed by atoms with Crippen molar-refractivity contribution in [2.45, 2.75) is 37.8 Å². The van der Waals surface area contributed by atoms with Gasteiger partial charge < -0.3 is 76.6 Å². The number of aliphatic carboxylic acids is 2. The zero-order valence-electron chi connectivity index (χ0n) is 35.5. The lowest BCUT2D eigenvalue weighted by Crippen LogP contribution is -2.54. The SMILES string of the molecule is O=C(O)CC[C@H](NC(=O)COCCOCCNC(=O)CC[C@@H](NC(=O)COCCOCCNC(=O)CBr)C(=O)O)C(=O)N(CC(=O)NCCNC(=O)CCl)CC(=O)NCCNC(=O)CCl. The first-order valence-corrected chi connectivity index (χ1v) is 22.1. The average Bonchev–Trinajstić information content (AvgIpc) is 3.27. The van der Waals surface area contributed by atoms with E-state index in [-0.39, 0.29) is 108 Å². The first kappa shape index (κ1) is 60.1. The van der Waals surface area contributed by atoms with Crippen molar-refractivity contribution in [3.05, 3.63) is 0 Å². The van der Waals surface area contributed by atoms with E-state index in [1.165, 1.54) is 0 Å². The number of carboxylic acid groups (broad SMARTS) is 2. The van der Waals surface area contributed by atoms with Crippen molar-refractivity contribution in [2.75, 3.05) is 122 Å². The molecule has 0 bridgehead atoms. The fourth-order valence-electron chi connectivity index (χ4n) is 4.75. The van der Waals surface area contributed by atoms with Crippen molar-refractivity contribution < 1.29 is 81.9 Å². The van der Waals surface area contributed by atoms with Crippen LogP contribution < -0.4 is 42.5 Å². The fraction of sp³-hybridized carbons (Fsp3) is 0.694. The Balaban J connectivity index is 4.85. The summed E-state index contributed by atoms with van der Waals surface area (Å²) in [6.07, 6.45) is -1.46. The van der Waals surface area contributed by atoms with Gasteiger partial charge in [-0.2, -0.15) is 0 Å². The maximum Gasteiger partial charge on any atom is 0.326 e. The standard InChI is InChI=1S/C36H58BrCl2N9O17/c37-17-27(50)45-10-12-63-14-16-65-23-33(56)47-25(36(60)61)1-3-26(49)44-9-11-62-13-15-64-22-32(55)46-24(2-4-34(57)58)35(59)48(20-30(53)42-7-5-40-28(51)18-38)21-31(54)43-8-6-41-29(52)19-39/h24-25H,1-23H2,(H,40,51)(H,41,52)(H,42,53)(H,43,54)(H,44,49)(H,45,50)(H,46,55)(H,47,56)(H,57,58)(H,60,61)/t24-,25+/m0/s1. The highest BCUT2D eigenvalue weighted by Crippen LogP contribution is 2.05. The smallest absolute Gasteiger partial charge is 0.326 e. The monoisotopic (exact) mass is 1040 g/mol. The number of halogens is 3. The lowest BCUT2D eigenvalue weighted by molar-refractivity contribution is -0.144. The van der Waals surface area contributed by atoms with Crippen LogP contribution in [0.2, 0.25) is 0 Å². The molecular formula is C36H58BrCl2N9O17. The van der Waals surface area contributed by atoms with Crippen molar-refractivity contribution >= 4 is 104 Å². The molecule has 0 heterocycles. The Bertz CT molecular complexity index is 1520. The molecule has 0 aliphatic rings. The molecule has 0 spiro atoms. The summed E-state index contributed by atoms with van der Waals surface area (Å²) in [5.41, 5.74) is 0. The van der Waals surface area contributed by atoms with Gasteiger partial charge >= 0.3 is 11.9 Å². The molecule has 26 nitrogen and oxygen atoms in total. The van der Waals surface area contributed by atoms with Crippen LogP contribution in [0.1, 0.15) is 25.7 Å². The lowest BCUT2D eigenvalue weighted by Gasteiger charge is -2.27. The Hall–Kier alpha value is -4.93. The van der Waals surface area contributed by atoms with E-state index >= 15 is 0 Å². The molecule has 0 radical (unpaired) electrons. The predicted octanol–water partition coefficient (Wildman–Crippen LogP) is -4.85. The van der Waals surface area contributed by atoms with Crippen molar-refractivity contribution in [1.29, 1.82) is 0 Å². The first-order chi connectivity index (χ1) is 31.0. The van der Waals surface area contributed by atoms with Gasteiger partial charge in [0.25, 0.3) is 0 Å². The third kappa shape index (κ3) is 34.1. The quantitative estimate of drug-likeness (QED) is 0.0204. The van der Waals surface area contributed by atoms with E-state index in [2.05, 4.69) is 58.5 Å². The average molecular weight is 1040 g/mol. The van der Waals surface area contributed by atoms with E-state index < -0.39 is 110 Å². The molecular weight excluding hydrogens is 981 g/mol. The number of amides is 9. The Morgan fingerprint density at radius 3 is 1.31 bits per heavy atom. The van der Waals surface area contributed by atoms with Crippen molar-refractivity contribution in [2.24, 2.45) is 0 Å². The van der Waals surface area contributed by atoms with Gasteiger partial charge in [0.15, 0.2) is 0 Å². The normalized spacial score (nSPS) is 11.5. The minimum absolute atomic E-state index is 0.000201. The molecule has 0 unspecified atom stereocenters. The number of nitrogens with zero attached hydrogens (tertiary/aromatic N) is 1. The largest absolute Gasteiger partial charge is 0.481 e. The van der Waals surface area contributed by atoms with Crippen molar-refractivity contribution in [1.82, 2.24) is 47.4 Å². The molecule has 29 heteroatoms. The van der Waals surface area contributed by atoms with E-state index in [1.807, 2.05) is 0 Å². The summed E-state index contributed by atoms with van der Waals surface area (Å²) >= 11 is 13.8. The van der Waals surface area contributed by atoms with E-state index in [0.29, 0.717) is 6.54 Å². The fourth-order valence-corrected chi connectivity index (χ4v) is 5.14. The molecule has 0 fully saturated rings. The number of rotatable bonds is 39. The molecule has 0 saturated heterocycles. The molecule has 0 aromatic rings. The molecule has 0 aromatic heterocycles. The maximum absolute atomic E-state index is 13.6. The highest BCUT2D eigenvalue weighted by atomic mass is 79.9. The van der Waals surface area contributed by atoms with Gasteiger partial charge in [-0.05, 0) is 12.8 Å². The summed E-state index contributed by atoms with van der Waals surface area (Å²) in [7, 11) is 0. The summed E-state index contributed by atoms with van der Waals surface area (Å²) < 4.78 is 21.0. The van der Waals surface area contributed by atoms with E-state index in [9.17, 15) is 63.0 Å². The maximum atomic E-state index is 13.6. The van der Waals surface area contributed by atoms with Gasteiger partial charge in [0.2, 0.25) is 53.2 Å². The van der Waals surface area contributed by atoms with Crippen LogP contribution in [0.4, 0.5) is 0 Å². The van der Waals surface area contributed by atoms with E-state index in [0.717, 1.165) is 4.90 Å². The van der Waals surface area contributed by atoms with Gasteiger partial charge in [0.05, 0.1) is 45.0 Å². The number of ether oxygens (including phenoxy) is 4. The molecule has 0 rings (SSSR count). The number of nitrogens with one attached hydrogen (secondary N) is 8. The number of alkyl halides is 3. The summed E-state index contributed by atoms with van der Waals surface area (Å²) in [5.74, 6) is -9.01. The zero-order chi connectivity index (χ0) is 48.8. The summed E-state index contributed by atoms with van der Waals surface area (Å²) in [6.45, 7) is -2.04. The predicted molar refractivity (Wildman–Crippen MR) is 231 cm³/mol. The van der Waals surface area contributed by atoms with E-state index in [1.54, 1.807) is 0 Å². The second kappa shape index (κ2) is 38.3. The summed E-state index contributed by atoms with van der Waals surface area (Å²) in [5, 5.41) is 38.4. The van der Waals surface area contributed by atoms with Crippen molar-refractivity contribution in [3.63, 3.8) is 0 Å². The molecule has 65 heavy (non-hydrogen) atoms. The first-order valence-electron chi connectivity index (χ1n) is 19.9. The molecule has 0 aliphatic heterocycles. The van der Waals surface area contributed by atoms with Crippen LogP contribution in [0.15, 0.2) is 0 Å². The Kier molecular flexibility index (Phi) is 35.4. The number of hydrogen-bond acceptors (Lipinski definition) is 15. The number of carbonyl (C=O) groups is 11. The number of carboxylic acids is 2. The Morgan fingerprint density at radius 2 is 0.877 bits per heavy atom. The minimum Gasteiger partial charge on any atom is -0.481 e. The Labute approximate surface area is 392 Å². The number of carbonyl (C=O) groups excluding carboxylic acids is 9. The highest BCUT2D eigenvalue weighted by Gasteiger charge is 2.29. The van der Waals surface area contributed by atoms with Gasteiger partial charge in [0, 0.05) is 52.1 Å². The van der Waals surface area contributed by atoms with Gasteiger partial charge in [-0.25, -0.2) is 4.79 Å². The van der Waals surface area contributed by atoms with Crippen LogP contribution in [-0.4, -0.2) is 215 Å².